The fourth-order valence-electron chi connectivity index (χ4n) is 2.35. The van der Waals surface area contributed by atoms with Crippen molar-refractivity contribution in [3.63, 3.8) is 0 Å². The van der Waals surface area contributed by atoms with Gasteiger partial charge in [-0.15, -0.1) is 0 Å². The molecule has 0 amide bonds. The van der Waals surface area contributed by atoms with Gasteiger partial charge in [-0.2, -0.15) is 0 Å². The molecule has 106 valence electrons. The summed E-state index contributed by atoms with van der Waals surface area (Å²) in [5, 5.41) is 0.133. The molecular formula is C16H15BrClFO. The second-order valence-corrected chi connectivity index (χ2v) is 6.02. The Kier molecular flexibility index (Phi) is 4.71. The van der Waals surface area contributed by atoms with Crippen LogP contribution in [0, 0.1) is 19.7 Å². The average Bonchev–Trinajstić information content (AvgIpc) is 2.41. The van der Waals surface area contributed by atoms with E-state index in [1.165, 1.54) is 0 Å². The standard InChI is InChI=1S/C16H15BrClFO/c1-9-7-11(8-10(2)16(9)20-3)14(17)12-5-4-6-13(18)15(12)19/h4-8,14H,1-3H3. The molecule has 0 spiro atoms. The molecular weight excluding hydrogens is 343 g/mol. The first-order valence-electron chi connectivity index (χ1n) is 6.18. The van der Waals surface area contributed by atoms with Gasteiger partial charge in [-0.1, -0.05) is 51.8 Å². The fourth-order valence-corrected chi connectivity index (χ4v) is 3.15. The van der Waals surface area contributed by atoms with Crippen molar-refractivity contribution in [2.24, 2.45) is 0 Å². The van der Waals surface area contributed by atoms with Crippen LogP contribution in [0.15, 0.2) is 30.3 Å². The lowest BCUT2D eigenvalue weighted by Gasteiger charge is -2.16. The Hall–Kier alpha value is -1.06. The smallest absolute Gasteiger partial charge is 0.146 e. The molecule has 1 unspecified atom stereocenters. The van der Waals surface area contributed by atoms with E-state index in [0.29, 0.717) is 5.56 Å². The highest BCUT2D eigenvalue weighted by molar-refractivity contribution is 9.09. The third kappa shape index (κ3) is 2.84. The number of alkyl halides is 1. The zero-order chi connectivity index (χ0) is 14.9. The van der Waals surface area contributed by atoms with E-state index in [4.69, 9.17) is 16.3 Å². The van der Waals surface area contributed by atoms with E-state index in [1.54, 1.807) is 25.3 Å². The average molecular weight is 358 g/mol. The first-order chi connectivity index (χ1) is 9.45. The molecule has 0 saturated heterocycles. The van der Waals surface area contributed by atoms with Gasteiger partial charge < -0.3 is 4.74 Å². The van der Waals surface area contributed by atoms with Crippen LogP contribution in [0.4, 0.5) is 4.39 Å². The number of hydrogen-bond donors (Lipinski definition) is 0. The van der Waals surface area contributed by atoms with Crippen molar-refractivity contribution >= 4 is 27.5 Å². The first-order valence-corrected chi connectivity index (χ1v) is 7.48. The van der Waals surface area contributed by atoms with Crippen LogP contribution >= 0.6 is 27.5 Å². The Bertz CT molecular complexity index is 619. The maximum atomic E-state index is 14.1. The van der Waals surface area contributed by atoms with Gasteiger partial charge in [0.25, 0.3) is 0 Å². The summed E-state index contributed by atoms with van der Waals surface area (Å²) < 4.78 is 19.4. The molecule has 0 aliphatic heterocycles. The van der Waals surface area contributed by atoms with Crippen LogP contribution < -0.4 is 4.74 Å². The minimum Gasteiger partial charge on any atom is -0.496 e. The van der Waals surface area contributed by atoms with Crippen molar-refractivity contribution in [3.8, 4) is 5.75 Å². The Morgan fingerprint density at radius 3 is 2.35 bits per heavy atom. The second-order valence-electron chi connectivity index (χ2n) is 4.69. The summed E-state index contributed by atoms with van der Waals surface area (Å²) in [7, 11) is 1.65. The molecule has 2 aromatic rings. The minimum absolute atomic E-state index is 0.133. The van der Waals surface area contributed by atoms with Gasteiger partial charge in [-0.3, -0.25) is 0 Å². The Balaban J connectivity index is 2.49. The van der Waals surface area contributed by atoms with Gasteiger partial charge >= 0.3 is 0 Å². The molecule has 0 bridgehead atoms. The van der Waals surface area contributed by atoms with Crippen molar-refractivity contribution < 1.29 is 9.13 Å². The predicted molar refractivity (Wildman–Crippen MR) is 84.6 cm³/mol. The molecule has 0 heterocycles. The highest BCUT2D eigenvalue weighted by Crippen LogP contribution is 2.37. The maximum Gasteiger partial charge on any atom is 0.146 e. The third-order valence-corrected chi connectivity index (χ3v) is 4.55. The van der Waals surface area contributed by atoms with Crippen LogP contribution in [0.2, 0.25) is 5.02 Å². The predicted octanol–water partition coefficient (Wildman–Crippen LogP) is 5.59. The lowest BCUT2D eigenvalue weighted by atomic mass is 9.99. The minimum atomic E-state index is -0.387. The molecule has 0 aliphatic rings. The second kappa shape index (κ2) is 6.15. The molecule has 0 saturated carbocycles. The normalized spacial score (nSPS) is 12.3. The molecule has 0 radical (unpaired) electrons. The molecule has 0 aliphatic carbocycles. The van der Waals surface area contributed by atoms with Gasteiger partial charge in [-0.25, -0.2) is 4.39 Å². The summed E-state index contributed by atoms with van der Waals surface area (Å²) >= 11 is 9.39. The van der Waals surface area contributed by atoms with Crippen molar-refractivity contribution in [1.29, 1.82) is 0 Å². The largest absolute Gasteiger partial charge is 0.496 e. The summed E-state index contributed by atoms with van der Waals surface area (Å²) in [6, 6.07) is 9.01. The summed E-state index contributed by atoms with van der Waals surface area (Å²) in [5.41, 5.74) is 3.55. The van der Waals surface area contributed by atoms with Crippen LogP contribution in [0.5, 0.6) is 5.75 Å². The van der Waals surface area contributed by atoms with E-state index < -0.39 is 0 Å². The van der Waals surface area contributed by atoms with Crippen LogP contribution in [0.3, 0.4) is 0 Å². The summed E-state index contributed by atoms with van der Waals surface area (Å²) in [6.07, 6.45) is 0. The number of hydrogen-bond acceptors (Lipinski definition) is 1. The topological polar surface area (TPSA) is 9.23 Å². The van der Waals surface area contributed by atoms with Gasteiger partial charge in [-0.05, 0) is 36.6 Å². The first kappa shape index (κ1) is 15.3. The molecule has 2 rings (SSSR count). The highest BCUT2D eigenvalue weighted by Gasteiger charge is 2.18. The SMILES string of the molecule is COc1c(C)cc(C(Br)c2cccc(Cl)c2F)cc1C. The van der Waals surface area contributed by atoms with E-state index >= 15 is 0 Å². The van der Waals surface area contributed by atoms with Gasteiger partial charge in [0.05, 0.1) is 17.0 Å². The van der Waals surface area contributed by atoms with Gasteiger partial charge in [0, 0.05) is 5.56 Å². The summed E-state index contributed by atoms with van der Waals surface area (Å²) in [6.45, 7) is 3.95. The summed E-state index contributed by atoms with van der Waals surface area (Å²) in [5.74, 6) is 0.474. The van der Waals surface area contributed by atoms with E-state index in [0.717, 1.165) is 22.4 Å². The number of halogens is 3. The van der Waals surface area contributed by atoms with Crippen molar-refractivity contribution in [1.82, 2.24) is 0 Å². The highest BCUT2D eigenvalue weighted by atomic mass is 79.9. The molecule has 0 aromatic heterocycles. The number of benzene rings is 2. The number of methoxy groups -OCH3 is 1. The lowest BCUT2D eigenvalue weighted by molar-refractivity contribution is 0.408. The van der Waals surface area contributed by atoms with Crippen molar-refractivity contribution in [3.05, 3.63) is 63.4 Å². The number of ether oxygens (including phenoxy) is 1. The number of aryl methyl sites for hydroxylation is 2. The van der Waals surface area contributed by atoms with Crippen LogP contribution in [0.25, 0.3) is 0 Å². The molecule has 0 fully saturated rings. The maximum absolute atomic E-state index is 14.1. The zero-order valence-electron chi connectivity index (χ0n) is 11.5. The Morgan fingerprint density at radius 2 is 1.80 bits per heavy atom. The Morgan fingerprint density at radius 1 is 1.20 bits per heavy atom. The van der Waals surface area contributed by atoms with E-state index in [-0.39, 0.29) is 15.7 Å². The molecule has 2 aromatic carbocycles. The third-order valence-electron chi connectivity index (χ3n) is 3.23. The van der Waals surface area contributed by atoms with Gasteiger partial charge in [0.1, 0.15) is 11.6 Å². The van der Waals surface area contributed by atoms with Crippen molar-refractivity contribution in [2.45, 2.75) is 18.7 Å². The molecule has 4 heteroatoms. The van der Waals surface area contributed by atoms with Gasteiger partial charge in [0.2, 0.25) is 0 Å². The van der Waals surface area contributed by atoms with Crippen molar-refractivity contribution in [2.75, 3.05) is 7.11 Å². The fraction of sp³-hybridized carbons (Fsp3) is 0.250. The van der Waals surface area contributed by atoms with Crippen LogP contribution in [-0.2, 0) is 0 Å². The molecule has 20 heavy (non-hydrogen) atoms. The van der Waals surface area contributed by atoms with E-state index in [2.05, 4.69) is 15.9 Å². The molecule has 1 nitrogen and oxygen atoms in total. The lowest BCUT2D eigenvalue weighted by Crippen LogP contribution is -2.00. The Labute approximate surface area is 131 Å². The van der Waals surface area contributed by atoms with E-state index in [9.17, 15) is 4.39 Å². The molecule has 0 N–H and O–H groups in total. The quantitative estimate of drug-likeness (QED) is 0.651. The molecule has 1 atom stereocenters. The van der Waals surface area contributed by atoms with Crippen LogP contribution in [0.1, 0.15) is 27.1 Å². The van der Waals surface area contributed by atoms with Gasteiger partial charge in [0.15, 0.2) is 0 Å². The van der Waals surface area contributed by atoms with E-state index in [1.807, 2.05) is 26.0 Å². The van der Waals surface area contributed by atoms with Crippen LogP contribution in [-0.4, -0.2) is 7.11 Å². The monoisotopic (exact) mass is 356 g/mol. The zero-order valence-corrected chi connectivity index (χ0v) is 13.8. The summed E-state index contributed by atoms with van der Waals surface area (Å²) in [4.78, 5) is -0.246. The number of rotatable bonds is 3.